The van der Waals surface area contributed by atoms with Crippen molar-refractivity contribution >= 4 is 82.9 Å². The number of hydrogen-bond donors (Lipinski definition) is 18. The number of likely N-dealkylation sites (N-methyl/N-ethyl adjacent to an activating group) is 1. The number of likely N-dealkylation sites (tertiary alicyclic amines) is 1. The van der Waals surface area contributed by atoms with Crippen molar-refractivity contribution in [1.82, 2.24) is 47.4 Å². The monoisotopic (exact) mass is 1150 g/mol. The van der Waals surface area contributed by atoms with Crippen LogP contribution in [0.2, 0.25) is 0 Å². The predicted molar refractivity (Wildman–Crippen MR) is 300 cm³/mol. The molecule has 1 rings (SSSR count). The lowest BCUT2D eigenvalue weighted by Crippen LogP contribution is -2.60. The van der Waals surface area contributed by atoms with E-state index in [-0.39, 0.29) is 108 Å². The first-order valence-corrected chi connectivity index (χ1v) is 27.0. The van der Waals surface area contributed by atoms with Gasteiger partial charge in [0.2, 0.25) is 65.0 Å². The molecule has 458 valence electrons. The summed E-state index contributed by atoms with van der Waals surface area (Å²) in [6.45, 7) is 5.43. The van der Waals surface area contributed by atoms with Crippen molar-refractivity contribution < 1.29 is 52.7 Å². The number of amides is 11. The van der Waals surface area contributed by atoms with Crippen molar-refractivity contribution in [1.29, 1.82) is 0 Å². The van der Waals surface area contributed by atoms with Gasteiger partial charge in [0.1, 0.15) is 48.3 Å². The molecule has 0 spiro atoms. The second-order valence-corrected chi connectivity index (χ2v) is 19.8. The third kappa shape index (κ3) is 28.1. The summed E-state index contributed by atoms with van der Waals surface area (Å²) in [5.74, 6) is -9.98. The Morgan fingerprint density at radius 1 is 0.481 bits per heavy atom. The van der Waals surface area contributed by atoms with Crippen LogP contribution >= 0.6 is 0 Å². The summed E-state index contributed by atoms with van der Waals surface area (Å²) in [6.07, 6.45) is 0.854. The van der Waals surface area contributed by atoms with Crippen LogP contribution in [0.3, 0.4) is 0 Å². The average molecular weight is 1150 g/mol. The lowest BCUT2D eigenvalue weighted by Gasteiger charge is -2.30. The largest absolute Gasteiger partial charge is 0.370 e. The minimum atomic E-state index is -1.59. The van der Waals surface area contributed by atoms with E-state index in [4.69, 9.17) is 57.3 Å². The van der Waals surface area contributed by atoms with E-state index in [1.165, 1.54) is 11.8 Å². The molecule has 0 radical (unpaired) electrons. The summed E-state index contributed by atoms with van der Waals surface area (Å²) in [5, 5.41) is 20.9. The van der Waals surface area contributed by atoms with Crippen molar-refractivity contribution in [3.63, 3.8) is 0 Å². The van der Waals surface area contributed by atoms with Gasteiger partial charge in [0.25, 0.3) is 0 Å². The van der Waals surface area contributed by atoms with Crippen molar-refractivity contribution in [3.05, 3.63) is 0 Å². The number of nitrogens with zero attached hydrogens (tertiary/aromatic N) is 4. The van der Waals surface area contributed by atoms with Gasteiger partial charge in [-0.3, -0.25) is 67.7 Å². The highest BCUT2D eigenvalue weighted by Gasteiger charge is 2.39. The van der Waals surface area contributed by atoms with Crippen molar-refractivity contribution in [2.24, 2.45) is 78.2 Å². The molecule has 33 nitrogen and oxygen atoms in total. The maximum Gasteiger partial charge on any atom is 0.243 e. The van der Waals surface area contributed by atoms with Gasteiger partial charge >= 0.3 is 0 Å². The fourth-order valence-electron chi connectivity index (χ4n) is 8.37. The molecule has 0 aromatic carbocycles. The Kier molecular flexibility index (Phi) is 33.0. The summed E-state index contributed by atoms with van der Waals surface area (Å²) >= 11 is 0. The number of carbonyl (C=O) groups excluding carboxylic acids is 11. The highest BCUT2D eigenvalue weighted by Crippen LogP contribution is 2.21. The molecular weight excluding hydrogens is 1060 g/mol. The zero-order chi connectivity index (χ0) is 61.4. The molecule has 1 aliphatic heterocycles. The van der Waals surface area contributed by atoms with Crippen LogP contribution in [0.1, 0.15) is 117 Å². The normalized spacial score (nSPS) is 15.8. The minimum absolute atomic E-state index is 0.0250. The first-order valence-electron chi connectivity index (χ1n) is 27.0. The van der Waals surface area contributed by atoms with Crippen LogP contribution in [0.5, 0.6) is 0 Å². The van der Waals surface area contributed by atoms with Gasteiger partial charge < -0.3 is 105 Å². The minimum Gasteiger partial charge on any atom is -0.370 e. The first-order chi connectivity index (χ1) is 38.1. The van der Waals surface area contributed by atoms with Crippen molar-refractivity contribution in [3.8, 4) is 0 Å². The van der Waals surface area contributed by atoms with E-state index >= 15 is 0 Å². The maximum atomic E-state index is 14.3. The van der Waals surface area contributed by atoms with Crippen LogP contribution in [0, 0.1) is 5.92 Å². The first kappa shape index (κ1) is 70.9. The second-order valence-electron chi connectivity index (χ2n) is 19.8. The molecule has 0 aliphatic carbocycles. The molecule has 0 aromatic heterocycles. The van der Waals surface area contributed by atoms with Gasteiger partial charge in [-0.05, 0) is 110 Å². The second kappa shape index (κ2) is 37.7. The summed E-state index contributed by atoms with van der Waals surface area (Å²) in [7, 11) is 1.59. The smallest absolute Gasteiger partial charge is 0.243 e. The van der Waals surface area contributed by atoms with Crippen LogP contribution in [0.15, 0.2) is 15.0 Å². The summed E-state index contributed by atoms with van der Waals surface area (Å²) in [4.78, 5) is 161. The molecule has 0 saturated carbocycles. The number of hydrogen-bond acceptors (Lipinski definition) is 16. The van der Waals surface area contributed by atoms with Gasteiger partial charge in [-0.1, -0.05) is 13.8 Å². The molecule has 81 heavy (non-hydrogen) atoms. The molecule has 33 heteroatoms. The van der Waals surface area contributed by atoms with Crippen LogP contribution in [-0.2, 0) is 52.7 Å². The van der Waals surface area contributed by atoms with Crippen LogP contribution in [0.4, 0.5) is 0 Å². The number of aliphatic imine (C=N–C) groups is 3. The number of nitrogens with one attached hydrogen (secondary N) is 8. The zero-order valence-electron chi connectivity index (χ0n) is 47.0. The van der Waals surface area contributed by atoms with Crippen molar-refractivity contribution in [2.75, 3.05) is 39.8 Å². The summed E-state index contributed by atoms with van der Waals surface area (Å²) < 4.78 is 0. The Bertz CT molecular complexity index is 2220. The van der Waals surface area contributed by atoms with Gasteiger partial charge in [-0.25, -0.2) is 0 Å². The van der Waals surface area contributed by atoms with Crippen LogP contribution in [-0.4, -0.2) is 182 Å². The van der Waals surface area contributed by atoms with E-state index in [0.717, 1.165) is 0 Å². The topological polar surface area (TPSA) is 585 Å². The number of primary amides is 3. The Morgan fingerprint density at radius 3 is 1.31 bits per heavy atom. The highest BCUT2D eigenvalue weighted by atomic mass is 16.2. The molecule has 1 saturated heterocycles. The van der Waals surface area contributed by atoms with Crippen molar-refractivity contribution in [2.45, 2.75) is 171 Å². The predicted octanol–water partition coefficient (Wildman–Crippen LogP) is -8.06. The van der Waals surface area contributed by atoms with E-state index in [9.17, 15) is 52.7 Å². The number of nitrogens with two attached hydrogens (primary N) is 10. The van der Waals surface area contributed by atoms with Crippen LogP contribution in [0.25, 0.3) is 0 Å². The Labute approximate surface area is 471 Å². The molecule has 9 atom stereocenters. The number of carbonyl (C=O) groups is 11. The Morgan fingerprint density at radius 2 is 0.889 bits per heavy atom. The maximum absolute atomic E-state index is 14.3. The molecular formula is C48H90N22O11. The Balaban J connectivity index is 3.46. The third-order valence-corrected chi connectivity index (χ3v) is 12.8. The van der Waals surface area contributed by atoms with Gasteiger partial charge in [-0.15, -0.1) is 0 Å². The molecule has 1 heterocycles. The fraction of sp³-hybridized carbons (Fsp3) is 0.708. The lowest BCUT2D eigenvalue weighted by molar-refractivity contribution is -0.141. The van der Waals surface area contributed by atoms with E-state index in [0.29, 0.717) is 32.1 Å². The van der Waals surface area contributed by atoms with Crippen LogP contribution < -0.4 is 99.9 Å². The summed E-state index contributed by atoms with van der Waals surface area (Å²) in [5.41, 5.74) is 54.7. The van der Waals surface area contributed by atoms with E-state index in [2.05, 4.69) is 57.5 Å². The zero-order valence-corrected chi connectivity index (χ0v) is 47.0. The molecule has 1 aliphatic rings. The highest BCUT2D eigenvalue weighted by molar-refractivity contribution is 5.98. The lowest BCUT2D eigenvalue weighted by atomic mass is 10.0. The molecule has 0 unspecified atom stereocenters. The molecule has 1 fully saturated rings. The molecule has 11 amide bonds. The Hall–Kier alpha value is -8.10. The average Bonchev–Trinajstić information content (AvgIpc) is 3.98. The SMILES string of the molecule is CN[C@@H](CCCN=C(N)N)C(=O)N1CCC[C@H]1C(=O)N[C@@H](CCC(N)=O)C(=O)N[C@@H](CCCN=C(N)N)C(=O)N[C@@H](CCC(N)=O)C(=O)N[C@@H](CCCCN)C(=O)N[C@@H](C)C(=O)N[C@H](C(=O)N[C@@H](CCCN=C(N)N)C(N)=O)C(C)C. The fourth-order valence-corrected chi connectivity index (χ4v) is 8.37. The third-order valence-electron chi connectivity index (χ3n) is 12.8. The number of guanidine groups is 3. The molecule has 0 bridgehead atoms. The van der Waals surface area contributed by atoms with E-state index in [1.54, 1.807) is 20.9 Å². The summed E-state index contributed by atoms with van der Waals surface area (Å²) in [6, 6.07) is -11.3. The quantitative estimate of drug-likeness (QED) is 0.0154. The van der Waals surface area contributed by atoms with Gasteiger partial charge in [-0.2, -0.15) is 0 Å². The standard InChI is InChI=1S/C48H90N22O11/c1-25(2)36(44(80)64-27(37(52)73)12-7-21-60-46(53)54)69-38(74)26(3)63-39(75)28(11-5-6-20-49)65-41(77)30(16-18-34(50)71)67-40(76)29(13-8-22-61-47(55)56)66-42(78)31(17-19-35(51)72)68-43(79)33-15-10-24-70(33)45(81)32(59-4)14-9-23-62-48(57)58/h25-33,36,59H,5-24,49H2,1-4H3,(H2,50,71)(H2,51,72)(H2,52,73)(H,63,75)(H,64,80)(H,65,77)(H,66,78)(H,67,76)(H,68,79)(H,69,74)(H4,53,54,60)(H4,55,56,61)(H4,57,58,62)/t26-,27-,28-,29-,30-,31-,32-,33-,36-/m0/s1. The number of rotatable bonds is 40. The van der Waals surface area contributed by atoms with Gasteiger partial charge in [0.15, 0.2) is 17.9 Å². The molecule has 28 N–H and O–H groups in total. The number of unbranched alkanes of at least 4 members (excludes halogenated alkanes) is 1. The van der Waals surface area contributed by atoms with E-state index < -0.39 is 132 Å². The van der Waals surface area contributed by atoms with Gasteiger partial charge in [0.05, 0.1) is 6.04 Å². The van der Waals surface area contributed by atoms with Gasteiger partial charge in [0, 0.05) is 39.0 Å². The molecule has 0 aromatic rings. The van der Waals surface area contributed by atoms with E-state index in [1.807, 2.05) is 0 Å².